The number of aromatic nitrogens is 1. The van der Waals surface area contributed by atoms with Crippen molar-refractivity contribution in [3.8, 4) is 6.07 Å². The number of carbonyl (C=O) groups excluding carboxylic acids is 1. The molecule has 0 unspecified atom stereocenters. The lowest BCUT2D eigenvalue weighted by Crippen LogP contribution is -2.47. The van der Waals surface area contributed by atoms with E-state index in [4.69, 9.17) is 10.00 Å². The van der Waals surface area contributed by atoms with Crippen molar-refractivity contribution in [2.75, 3.05) is 34.3 Å². The first-order valence-electron chi connectivity index (χ1n) is 8.38. The maximum absolute atomic E-state index is 12.7. The predicted octanol–water partition coefficient (Wildman–Crippen LogP) is 1.38. The Morgan fingerprint density at radius 1 is 1.33 bits per heavy atom. The van der Waals surface area contributed by atoms with Crippen LogP contribution in [0.4, 0.5) is 0 Å². The highest BCUT2D eigenvalue weighted by Gasteiger charge is 2.44. The van der Waals surface area contributed by atoms with Crippen molar-refractivity contribution in [1.82, 2.24) is 14.8 Å². The minimum Gasteiger partial charge on any atom is -0.380 e. The molecule has 1 aliphatic heterocycles. The van der Waals surface area contributed by atoms with Gasteiger partial charge in [-0.15, -0.1) is 0 Å². The first-order chi connectivity index (χ1) is 11.5. The zero-order valence-electron chi connectivity index (χ0n) is 14.5. The quantitative estimate of drug-likeness (QED) is 0.838. The lowest BCUT2D eigenvalue weighted by molar-refractivity contribution is -0.0209. The summed E-state index contributed by atoms with van der Waals surface area (Å²) in [5, 5.41) is 8.81. The van der Waals surface area contributed by atoms with E-state index < -0.39 is 0 Å². The van der Waals surface area contributed by atoms with Crippen LogP contribution in [0.3, 0.4) is 0 Å². The Balaban J connectivity index is 1.70. The van der Waals surface area contributed by atoms with Gasteiger partial charge in [0.2, 0.25) is 0 Å². The van der Waals surface area contributed by atoms with E-state index in [-0.39, 0.29) is 12.0 Å². The van der Waals surface area contributed by atoms with Crippen molar-refractivity contribution >= 4 is 5.91 Å². The van der Waals surface area contributed by atoms with Gasteiger partial charge in [-0.3, -0.25) is 4.79 Å². The second-order valence-corrected chi connectivity index (χ2v) is 7.05. The summed E-state index contributed by atoms with van der Waals surface area (Å²) in [7, 11) is 5.97. The molecule has 0 bridgehead atoms. The summed E-state index contributed by atoms with van der Waals surface area (Å²) in [6.45, 7) is 1.58. The molecule has 1 saturated heterocycles. The summed E-state index contributed by atoms with van der Waals surface area (Å²) < 4.78 is 5.69. The van der Waals surface area contributed by atoms with E-state index in [1.807, 2.05) is 11.0 Å². The van der Waals surface area contributed by atoms with Crippen molar-refractivity contribution in [1.29, 1.82) is 5.26 Å². The van der Waals surface area contributed by atoms with Gasteiger partial charge in [0, 0.05) is 32.4 Å². The SMILES string of the molecule is CO[C@@H]1C[C@H]2CN(C(=O)c3ccc(C#N)nc3)C[C@H]2C[C@H]1N(C)C. The molecule has 1 amide bonds. The average Bonchev–Trinajstić information content (AvgIpc) is 3.02. The molecule has 1 saturated carbocycles. The van der Waals surface area contributed by atoms with Crippen LogP contribution in [-0.4, -0.2) is 67.1 Å². The summed E-state index contributed by atoms with van der Waals surface area (Å²) in [5.74, 6) is 1.04. The number of rotatable bonds is 3. The zero-order valence-corrected chi connectivity index (χ0v) is 14.5. The van der Waals surface area contributed by atoms with Crippen LogP contribution in [0.15, 0.2) is 18.3 Å². The predicted molar refractivity (Wildman–Crippen MR) is 89.3 cm³/mol. The van der Waals surface area contributed by atoms with E-state index in [1.165, 1.54) is 6.20 Å². The number of amides is 1. The molecule has 0 radical (unpaired) electrons. The van der Waals surface area contributed by atoms with Gasteiger partial charge < -0.3 is 14.5 Å². The number of carbonyl (C=O) groups is 1. The molecule has 3 rings (SSSR count). The number of methoxy groups -OCH3 is 1. The normalized spacial score (nSPS) is 29.4. The van der Waals surface area contributed by atoms with Gasteiger partial charge in [-0.05, 0) is 50.9 Å². The van der Waals surface area contributed by atoms with Crippen LogP contribution in [-0.2, 0) is 4.74 Å². The Morgan fingerprint density at radius 2 is 2.04 bits per heavy atom. The molecular formula is C18H24N4O2. The molecule has 2 heterocycles. The fraction of sp³-hybridized carbons (Fsp3) is 0.611. The van der Waals surface area contributed by atoms with Gasteiger partial charge in [-0.2, -0.15) is 5.26 Å². The van der Waals surface area contributed by atoms with Crippen LogP contribution in [0, 0.1) is 23.2 Å². The number of nitriles is 1. The number of likely N-dealkylation sites (N-methyl/N-ethyl adjacent to an activating group) is 1. The fourth-order valence-corrected chi connectivity index (χ4v) is 4.12. The molecule has 6 nitrogen and oxygen atoms in total. The van der Waals surface area contributed by atoms with Gasteiger partial charge >= 0.3 is 0 Å². The Bertz CT molecular complexity index is 637. The summed E-state index contributed by atoms with van der Waals surface area (Å²) in [6, 6.07) is 5.67. The lowest BCUT2D eigenvalue weighted by atomic mass is 9.77. The fourth-order valence-electron chi connectivity index (χ4n) is 4.12. The van der Waals surface area contributed by atoms with E-state index in [0.29, 0.717) is 29.1 Å². The number of nitrogens with zero attached hydrogens (tertiary/aromatic N) is 4. The van der Waals surface area contributed by atoms with Gasteiger partial charge in [-0.25, -0.2) is 4.98 Å². The standard InChI is InChI=1S/C18H24N4O2/c1-21(2)16-6-13-10-22(11-14(13)7-17(16)24-3)18(23)12-4-5-15(8-19)20-9-12/h4-5,9,13-14,16-17H,6-7,10-11H2,1-3H3/t13-,14+,16-,17-/m1/s1. The first kappa shape index (κ1) is 16.9. The summed E-state index contributed by atoms with van der Waals surface area (Å²) in [4.78, 5) is 20.9. The molecule has 2 aliphatic rings. The molecule has 6 heteroatoms. The molecule has 1 aromatic heterocycles. The summed E-state index contributed by atoms with van der Waals surface area (Å²) in [5.41, 5.74) is 0.888. The lowest BCUT2D eigenvalue weighted by Gasteiger charge is -2.40. The number of pyridine rings is 1. The van der Waals surface area contributed by atoms with Crippen molar-refractivity contribution in [2.24, 2.45) is 11.8 Å². The zero-order chi connectivity index (χ0) is 17.3. The highest BCUT2D eigenvalue weighted by molar-refractivity contribution is 5.94. The van der Waals surface area contributed by atoms with E-state index in [2.05, 4.69) is 24.0 Å². The minimum absolute atomic E-state index is 0.0109. The molecule has 24 heavy (non-hydrogen) atoms. The highest BCUT2D eigenvalue weighted by atomic mass is 16.5. The molecule has 4 atom stereocenters. The third-order valence-corrected chi connectivity index (χ3v) is 5.46. The third-order valence-electron chi connectivity index (χ3n) is 5.46. The minimum atomic E-state index is 0.0109. The van der Waals surface area contributed by atoms with E-state index in [1.54, 1.807) is 19.2 Å². The van der Waals surface area contributed by atoms with Crippen LogP contribution in [0.5, 0.6) is 0 Å². The largest absolute Gasteiger partial charge is 0.380 e. The molecule has 0 aromatic carbocycles. The van der Waals surface area contributed by atoms with E-state index >= 15 is 0 Å². The van der Waals surface area contributed by atoms with Gasteiger partial charge in [0.15, 0.2) is 0 Å². The first-order valence-corrected chi connectivity index (χ1v) is 8.38. The number of ether oxygens (including phenoxy) is 1. The second kappa shape index (κ2) is 6.88. The Kier molecular flexibility index (Phi) is 4.83. The Morgan fingerprint density at radius 3 is 2.58 bits per heavy atom. The van der Waals surface area contributed by atoms with Crippen LogP contribution in [0.25, 0.3) is 0 Å². The summed E-state index contributed by atoms with van der Waals surface area (Å²) >= 11 is 0. The van der Waals surface area contributed by atoms with Gasteiger partial charge in [0.1, 0.15) is 11.8 Å². The number of likely N-dealkylation sites (tertiary alicyclic amines) is 1. The second-order valence-electron chi connectivity index (χ2n) is 7.05. The van der Waals surface area contributed by atoms with Crippen LogP contribution in [0.2, 0.25) is 0 Å². The maximum Gasteiger partial charge on any atom is 0.255 e. The van der Waals surface area contributed by atoms with E-state index in [0.717, 1.165) is 25.9 Å². The monoisotopic (exact) mass is 328 g/mol. The van der Waals surface area contributed by atoms with Crippen molar-refractivity contribution in [3.63, 3.8) is 0 Å². The number of fused-ring (bicyclic) bond motifs is 1. The highest BCUT2D eigenvalue weighted by Crippen LogP contribution is 2.39. The van der Waals surface area contributed by atoms with Gasteiger partial charge in [0.05, 0.1) is 11.7 Å². The molecule has 2 fully saturated rings. The topological polar surface area (TPSA) is 69.5 Å². The van der Waals surface area contributed by atoms with Crippen LogP contribution in [0.1, 0.15) is 28.9 Å². The van der Waals surface area contributed by atoms with Gasteiger partial charge in [-0.1, -0.05) is 0 Å². The van der Waals surface area contributed by atoms with Crippen molar-refractivity contribution in [3.05, 3.63) is 29.6 Å². The third kappa shape index (κ3) is 3.14. The molecule has 128 valence electrons. The average molecular weight is 328 g/mol. The number of hydrogen-bond donors (Lipinski definition) is 0. The number of hydrogen-bond acceptors (Lipinski definition) is 5. The molecule has 0 spiro atoms. The molecule has 1 aliphatic carbocycles. The maximum atomic E-state index is 12.7. The summed E-state index contributed by atoms with van der Waals surface area (Å²) in [6.07, 6.45) is 3.79. The van der Waals surface area contributed by atoms with Crippen LogP contribution < -0.4 is 0 Å². The van der Waals surface area contributed by atoms with Crippen molar-refractivity contribution < 1.29 is 9.53 Å². The smallest absolute Gasteiger partial charge is 0.255 e. The Labute approximate surface area is 143 Å². The van der Waals surface area contributed by atoms with Crippen LogP contribution >= 0.6 is 0 Å². The van der Waals surface area contributed by atoms with Gasteiger partial charge in [0.25, 0.3) is 5.91 Å². The van der Waals surface area contributed by atoms with Crippen molar-refractivity contribution in [2.45, 2.75) is 25.0 Å². The molecular weight excluding hydrogens is 304 g/mol. The molecule has 0 N–H and O–H groups in total. The Hall–Kier alpha value is -1.97. The van der Waals surface area contributed by atoms with E-state index in [9.17, 15) is 4.79 Å². The molecule has 1 aromatic rings.